The molecule has 6 heterocycles. The molecule has 2 N–H and O–H groups in total. The van der Waals surface area contributed by atoms with Gasteiger partial charge in [-0.2, -0.15) is 0 Å². The largest absolute Gasteiger partial charge is 0.361 e. The highest BCUT2D eigenvalue weighted by atomic mass is 16.2. The highest BCUT2D eigenvalue weighted by Gasteiger charge is 2.19. The van der Waals surface area contributed by atoms with Crippen LogP contribution in [0.15, 0.2) is 85.6 Å². The molecule has 10 nitrogen and oxygen atoms in total. The van der Waals surface area contributed by atoms with E-state index < -0.39 is 0 Å². The van der Waals surface area contributed by atoms with E-state index in [9.17, 15) is 4.79 Å². The van der Waals surface area contributed by atoms with E-state index in [2.05, 4.69) is 71.1 Å². The van der Waals surface area contributed by atoms with Crippen molar-refractivity contribution in [1.29, 1.82) is 0 Å². The lowest BCUT2D eigenvalue weighted by Crippen LogP contribution is -2.48. The van der Waals surface area contributed by atoms with Gasteiger partial charge in [0.05, 0.1) is 29.5 Å². The number of pyridine rings is 2. The van der Waals surface area contributed by atoms with Gasteiger partial charge in [-0.3, -0.25) is 9.20 Å². The molecule has 5 aromatic heterocycles. The molecule has 198 valence electrons. The molecular weight excluding hydrogens is 502 g/mol. The van der Waals surface area contributed by atoms with Crippen LogP contribution in [0.2, 0.25) is 0 Å². The monoisotopic (exact) mass is 529 g/mol. The lowest BCUT2D eigenvalue weighted by atomic mass is 10.0. The molecule has 0 spiro atoms. The molecule has 7 rings (SSSR count). The standard InChI is InChI=1S/C30H27N9O/c1-20(40)37-13-15-38(16-14-37)28-8-6-22(17-33-28)35-30-32-12-10-26(36-30)27-18-34-29-7-5-21(19-39(27)29)23-3-2-4-25-24(23)9-11-31-25/h2-12,17-19,31H,13-16H2,1H3,(H,32,35,36). The molecule has 10 heteroatoms. The minimum absolute atomic E-state index is 0.119. The molecule has 1 aromatic carbocycles. The van der Waals surface area contributed by atoms with Crippen LogP contribution in [0.1, 0.15) is 6.92 Å². The normalized spacial score (nSPS) is 13.7. The average Bonchev–Trinajstić information content (AvgIpc) is 3.65. The second-order valence-electron chi connectivity index (χ2n) is 9.82. The Hall–Kier alpha value is -5.25. The molecular formula is C30H27N9O. The second kappa shape index (κ2) is 9.81. The van der Waals surface area contributed by atoms with Crippen molar-refractivity contribution >= 4 is 39.9 Å². The first-order valence-electron chi connectivity index (χ1n) is 13.2. The quantitative estimate of drug-likeness (QED) is 0.332. The molecule has 1 aliphatic heterocycles. The summed E-state index contributed by atoms with van der Waals surface area (Å²) >= 11 is 0. The zero-order valence-electron chi connectivity index (χ0n) is 22.0. The van der Waals surface area contributed by atoms with Crippen molar-refractivity contribution in [3.05, 3.63) is 85.6 Å². The van der Waals surface area contributed by atoms with Crippen LogP contribution >= 0.6 is 0 Å². The van der Waals surface area contributed by atoms with E-state index >= 15 is 0 Å². The third-order valence-corrected chi connectivity index (χ3v) is 7.38. The van der Waals surface area contributed by atoms with Crippen molar-refractivity contribution in [1.82, 2.24) is 34.2 Å². The highest BCUT2D eigenvalue weighted by molar-refractivity contribution is 5.95. The van der Waals surface area contributed by atoms with E-state index in [1.165, 1.54) is 5.39 Å². The van der Waals surface area contributed by atoms with E-state index in [4.69, 9.17) is 4.98 Å². The van der Waals surface area contributed by atoms with Gasteiger partial charge in [0.1, 0.15) is 11.5 Å². The predicted molar refractivity (Wildman–Crippen MR) is 155 cm³/mol. The van der Waals surface area contributed by atoms with Crippen LogP contribution in [0.5, 0.6) is 0 Å². The summed E-state index contributed by atoms with van der Waals surface area (Å²) in [7, 11) is 0. The van der Waals surface area contributed by atoms with E-state index in [1.54, 1.807) is 19.3 Å². The number of aromatic nitrogens is 6. The van der Waals surface area contributed by atoms with Gasteiger partial charge in [-0.05, 0) is 53.6 Å². The zero-order chi connectivity index (χ0) is 27.1. The van der Waals surface area contributed by atoms with E-state index in [0.29, 0.717) is 19.0 Å². The molecule has 6 aromatic rings. The van der Waals surface area contributed by atoms with Gasteiger partial charge in [-0.25, -0.2) is 19.9 Å². The number of nitrogens with one attached hydrogen (secondary N) is 2. The summed E-state index contributed by atoms with van der Waals surface area (Å²) in [6.45, 7) is 4.58. The third kappa shape index (κ3) is 4.39. The summed E-state index contributed by atoms with van der Waals surface area (Å²) in [4.78, 5) is 37.4. The predicted octanol–water partition coefficient (Wildman–Crippen LogP) is 4.75. The number of imidazole rings is 1. The van der Waals surface area contributed by atoms with Crippen LogP contribution in [0, 0.1) is 0 Å². The van der Waals surface area contributed by atoms with Crippen LogP contribution in [0.3, 0.4) is 0 Å². The van der Waals surface area contributed by atoms with Crippen LogP contribution in [0.25, 0.3) is 39.1 Å². The molecule has 0 radical (unpaired) electrons. The number of piperazine rings is 1. The van der Waals surface area contributed by atoms with Crippen molar-refractivity contribution in [3.8, 4) is 22.5 Å². The van der Waals surface area contributed by atoms with Crippen LogP contribution < -0.4 is 10.2 Å². The number of nitrogens with zero attached hydrogens (tertiary/aromatic N) is 7. The first-order chi connectivity index (χ1) is 19.6. The van der Waals surface area contributed by atoms with Gasteiger partial charge >= 0.3 is 0 Å². The van der Waals surface area contributed by atoms with Crippen LogP contribution in [0.4, 0.5) is 17.5 Å². The maximum Gasteiger partial charge on any atom is 0.227 e. The Balaban J connectivity index is 1.12. The third-order valence-electron chi connectivity index (χ3n) is 7.38. The number of aromatic amines is 1. The number of rotatable bonds is 5. The second-order valence-corrected chi connectivity index (χ2v) is 9.82. The highest BCUT2D eigenvalue weighted by Crippen LogP contribution is 2.30. The Morgan fingerprint density at radius 3 is 2.65 bits per heavy atom. The first kappa shape index (κ1) is 23.8. The number of H-pyrrole nitrogens is 1. The number of carbonyl (C=O) groups excluding carboxylic acids is 1. The van der Waals surface area contributed by atoms with Gasteiger partial charge in [0, 0.05) is 62.6 Å². The van der Waals surface area contributed by atoms with Crippen LogP contribution in [-0.2, 0) is 4.79 Å². The summed E-state index contributed by atoms with van der Waals surface area (Å²) in [5, 5.41) is 4.45. The smallest absolute Gasteiger partial charge is 0.227 e. The maximum atomic E-state index is 11.6. The fourth-order valence-electron chi connectivity index (χ4n) is 5.25. The number of carbonyl (C=O) groups is 1. The molecule has 0 aliphatic carbocycles. The topological polar surface area (TPSA) is 107 Å². The van der Waals surface area contributed by atoms with Crippen molar-refractivity contribution < 1.29 is 4.79 Å². The van der Waals surface area contributed by atoms with Crippen molar-refractivity contribution in [2.24, 2.45) is 0 Å². The summed E-state index contributed by atoms with van der Waals surface area (Å²) in [6.07, 6.45) is 9.43. The minimum Gasteiger partial charge on any atom is -0.361 e. The zero-order valence-corrected chi connectivity index (χ0v) is 22.0. The van der Waals surface area contributed by atoms with Gasteiger partial charge < -0.3 is 20.1 Å². The number of benzene rings is 1. The molecule has 1 saturated heterocycles. The molecule has 1 aliphatic rings. The molecule has 1 fully saturated rings. The Morgan fingerprint density at radius 1 is 0.925 bits per heavy atom. The van der Waals surface area contributed by atoms with Gasteiger partial charge in [0.25, 0.3) is 0 Å². The van der Waals surface area contributed by atoms with Crippen LogP contribution in [-0.4, -0.2) is 66.3 Å². The average molecular weight is 530 g/mol. The number of hydrogen-bond donors (Lipinski definition) is 2. The van der Waals surface area contributed by atoms with E-state index in [0.717, 1.165) is 58.3 Å². The molecule has 40 heavy (non-hydrogen) atoms. The number of anilines is 3. The van der Waals surface area contributed by atoms with Crippen molar-refractivity contribution in [3.63, 3.8) is 0 Å². The van der Waals surface area contributed by atoms with E-state index in [1.807, 2.05) is 41.6 Å². The Bertz CT molecular complexity index is 1830. The van der Waals surface area contributed by atoms with Gasteiger partial charge in [0.2, 0.25) is 11.9 Å². The van der Waals surface area contributed by atoms with Gasteiger partial charge in [0.15, 0.2) is 0 Å². The summed E-state index contributed by atoms with van der Waals surface area (Å²) in [6, 6.07) is 18.3. The number of amides is 1. The molecule has 1 amide bonds. The molecule has 0 bridgehead atoms. The molecule has 0 saturated carbocycles. The van der Waals surface area contributed by atoms with Crippen molar-refractivity contribution in [2.45, 2.75) is 6.92 Å². The summed E-state index contributed by atoms with van der Waals surface area (Å²) in [5.41, 5.74) is 6.63. The first-order valence-corrected chi connectivity index (χ1v) is 13.2. The number of fused-ring (bicyclic) bond motifs is 2. The summed E-state index contributed by atoms with van der Waals surface area (Å²) < 4.78 is 2.06. The maximum absolute atomic E-state index is 11.6. The Kier molecular flexibility index (Phi) is 5.85. The fraction of sp³-hybridized carbons (Fsp3) is 0.167. The Morgan fingerprint density at radius 2 is 1.82 bits per heavy atom. The Labute approximate surface area is 230 Å². The van der Waals surface area contributed by atoms with Crippen molar-refractivity contribution in [2.75, 3.05) is 36.4 Å². The van der Waals surface area contributed by atoms with Gasteiger partial charge in [-0.15, -0.1) is 0 Å². The fourth-order valence-corrected chi connectivity index (χ4v) is 5.25. The molecule has 0 atom stereocenters. The number of hydrogen-bond acceptors (Lipinski definition) is 7. The molecule has 0 unspecified atom stereocenters. The van der Waals surface area contributed by atoms with E-state index in [-0.39, 0.29) is 5.91 Å². The lowest BCUT2D eigenvalue weighted by Gasteiger charge is -2.34. The SMILES string of the molecule is CC(=O)N1CCN(c2ccc(Nc3nccc(-c4cnc5ccc(-c6cccc7[nH]ccc67)cn45)n3)cn2)CC1. The van der Waals surface area contributed by atoms with Gasteiger partial charge in [-0.1, -0.05) is 12.1 Å². The minimum atomic E-state index is 0.119. The summed E-state index contributed by atoms with van der Waals surface area (Å²) in [5.74, 6) is 1.48. The lowest BCUT2D eigenvalue weighted by molar-refractivity contribution is -0.129.